The van der Waals surface area contributed by atoms with E-state index in [4.69, 9.17) is 10.6 Å². The molecular weight excluding hydrogens is 200 g/mol. The normalized spacial score (nSPS) is 26.6. The summed E-state index contributed by atoms with van der Waals surface area (Å²) in [6.45, 7) is 0. The van der Waals surface area contributed by atoms with Crippen LogP contribution in [0.15, 0.2) is 0 Å². The van der Waals surface area contributed by atoms with E-state index in [1.165, 1.54) is 51.4 Å². The second kappa shape index (κ2) is 5.99. The molecule has 3 nitrogen and oxygen atoms in total. The number of methoxy groups -OCH3 is 1. The quantitative estimate of drug-likeness (QED) is 0.539. The number of nitrogens with one attached hydrogen (secondary N) is 1. The highest BCUT2D eigenvalue weighted by molar-refractivity contribution is 4.90. The molecule has 2 atom stereocenters. The summed E-state index contributed by atoms with van der Waals surface area (Å²) in [4.78, 5) is 0. The van der Waals surface area contributed by atoms with Crippen LogP contribution in [0.1, 0.15) is 51.4 Å². The van der Waals surface area contributed by atoms with Gasteiger partial charge in [-0.3, -0.25) is 11.3 Å². The van der Waals surface area contributed by atoms with Gasteiger partial charge in [-0.15, -0.1) is 0 Å². The fraction of sp³-hybridized carbons (Fsp3) is 1.00. The zero-order valence-electron chi connectivity index (χ0n) is 10.5. The molecule has 0 spiro atoms. The molecule has 2 fully saturated rings. The number of ether oxygens (including phenoxy) is 1. The molecule has 0 aromatic heterocycles. The molecule has 0 aromatic rings. The van der Waals surface area contributed by atoms with Crippen molar-refractivity contribution < 1.29 is 4.74 Å². The van der Waals surface area contributed by atoms with Gasteiger partial charge in [0.2, 0.25) is 0 Å². The largest absolute Gasteiger partial charge is 0.379 e. The first-order valence-electron chi connectivity index (χ1n) is 6.84. The third-order valence-electron chi connectivity index (χ3n) is 4.28. The van der Waals surface area contributed by atoms with Crippen LogP contribution in [0.25, 0.3) is 0 Å². The van der Waals surface area contributed by atoms with Crippen molar-refractivity contribution in [3.05, 3.63) is 0 Å². The average molecular weight is 226 g/mol. The highest BCUT2D eigenvalue weighted by Gasteiger charge is 2.37. The molecule has 2 unspecified atom stereocenters. The van der Waals surface area contributed by atoms with Gasteiger partial charge in [0, 0.05) is 13.2 Å². The van der Waals surface area contributed by atoms with Crippen molar-refractivity contribution in [3.63, 3.8) is 0 Å². The van der Waals surface area contributed by atoms with Gasteiger partial charge >= 0.3 is 0 Å². The molecule has 3 heteroatoms. The van der Waals surface area contributed by atoms with E-state index in [1.54, 1.807) is 0 Å². The standard InChI is InChI=1S/C13H26N2O/c1-16-13(11-7-8-11)12(15-14)9-10-5-3-2-4-6-10/h10-13,15H,2-9,14H2,1H3. The minimum absolute atomic E-state index is 0.340. The van der Waals surface area contributed by atoms with E-state index in [2.05, 4.69) is 5.43 Å². The van der Waals surface area contributed by atoms with E-state index in [-0.39, 0.29) is 0 Å². The predicted molar refractivity (Wildman–Crippen MR) is 65.8 cm³/mol. The summed E-state index contributed by atoms with van der Waals surface area (Å²) in [5.41, 5.74) is 3.00. The van der Waals surface area contributed by atoms with Gasteiger partial charge in [-0.25, -0.2) is 0 Å². The molecule has 2 aliphatic rings. The van der Waals surface area contributed by atoms with Gasteiger partial charge < -0.3 is 4.74 Å². The van der Waals surface area contributed by atoms with Crippen LogP contribution in [0, 0.1) is 11.8 Å². The summed E-state index contributed by atoms with van der Waals surface area (Å²) in [7, 11) is 1.83. The fourth-order valence-corrected chi connectivity index (χ4v) is 3.19. The SMILES string of the molecule is COC(C1CC1)C(CC1CCCCC1)NN. The van der Waals surface area contributed by atoms with Crippen LogP contribution in [-0.4, -0.2) is 19.3 Å². The zero-order chi connectivity index (χ0) is 11.4. The molecule has 3 N–H and O–H groups in total. The predicted octanol–water partition coefficient (Wildman–Crippen LogP) is 2.21. The minimum atomic E-state index is 0.340. The lowest BCUT2D eigenvalue weighted by Gasteiger charge is -2.30. The van der Waals surface area contributed by atoms with Crippen molar-refractivity contribution in [1.82, 2.24) is 5.43 Å². The molecule has 2 aliphatic carbocycles. The van der Waals surface area contributed by atoms with E-state index >= 15 is 0 Å². The van der Waals surface area contributed by atoms with E-state index < -0.39 is 0 Å². The highest BCUT2D eigenvalue weighted by atomic mass is 16.5. The monoisotopic (exact) mass is 226 g/mol. The van der Waals surface area contributed by atoms with Crippen LogP contribution >= 0.6 is 0 Å². The third-order valence-corrected chi connectivity index (χ3v) is 4.28. The Hall–Kier alpha value is -0.120. The summed E-state index contributed by atoms with van der Waals surface area (Å²) < 4.78 is 5.63. The van der Waals surface area contributed by atoms with Gasteiger partial charge in [0.05, 0.1) is 6.10 Å². The van der Waals surface area contributed by atoms with Crippen LogP contribution in [0.3, 0.4) is 0 Å². The summed E-state index contributed by atoms with van der Waals surface area (Å²) in [6.07, 6.45) is 11.2. The first-order chi connectivity index (χ1) is 7.85. The van der Waals surface area contributed by atoms with Gasteiger partial charge in [0.25, 0.3) is 0 Å². The van der Waals surface area contributed by atoms with Gasteiger partial charge in [-0.2, -0.15) is 0 Å². The van der Waals surface area contributed by atoms with E-state index in [0.29, 0.717) is 12.1 Å². The third kappa shape index (κ3) is 3.19. The Morgan fingerprint density at radius 2 is 1.88 bits per heavy atom. The summed E-state index contributed by atoms with van der Waals surface area (Å²) in [5.74, 6) is 7.33. The number of hydrazine groups is 1. The molecule has 0 radical (unpaired) electrons. The Labute approximate surface area is 99.1 Å². The van der Waals surface area contributed by atoms with Crippen LogP contribution in [0.5, 0.6) is 0 Å². The van der Waals surface area contributed by atoms with Gasteiger partial charge in [0.1, 0.15) is 0 Å². The minimum Gasteiger partial charge on any atom is -0.379 e. The summed E-state index contributed by atoms with van der Waals surface area (Å²) in [6, 6.07) is 0.362. The molecule has 2 rings (SSSR count). The molecule has 0 aromatic carbocycles. The smallest absolute Gasteiger partial charge is 0.0765 e. The maximum absolute atomic E-state index is 5.70. The highest BCUT2D eigenvalue weighted by Crippen LogP contribution is 2.37. The van der Waals surface area contributed by atoms with E-state index in [0.717, 1.165) is 11.8 Å². The molecule has 0 amide bonds. The Kier molecular flexibility index (Phi) is 4.62. The molecule has 94 valence electrons. The van der Waals surface area contributed by atoms with Gasteiger partial charge in [-0.05, 0) is 31.1 Å². The second-order valence-corrected chi connectivity index (χ2v) is 5.55. The maximum atomic E-state index is 5.70. The van der Waals surface area contributed by atoms with Crippen LogP contribution in [0.2, 0.25) is 0 Å². The van der Waals surface area contributed by atoms with Crippen molar-refractivity contribution >= 4 is 0 Å². The van der Waals surface area contributed by atoms with Crippen LogP contribution in [-0.2, 0) is 4.74 Å². The Balaban J connectivity index is 1.82. The number of rotatable bonds is 6. The number of hydrogen-bond donors (Lipinski definition) is 2. The van der Waals surface area contributed by atoms with E-state index in [1.807, 2.05) is 7.11 Å². The molecule has 0 saturated heterocycles. The number of hydrogen-bond acceptors (Lipinski definition) is 3. The number of nitrogens with two attached hydrogens (primary N) is 1. The van der Waals surface area contributed by atoms with Crippen molar-refractivity contribution in [1.29, 1.82) is 0 Å². The summed E-state index contributed by atoms with van der Waals surface area (Å²) >= 11 is 0. The Bertz CT molecular complexity index is 200. The lowest BCUT2D eigenvalue weighted by molar-refractivity contribution is 0.0408. The fourth-order valence-electron chi connectivity index (χ4n) is 3.19. The average Bonchev–Trinajstić information content (AvgIpc) is 3.14. The van der Waals surface area contributed by atoms with Crippen molar-refractivity contribution in [2.75, 3.05) is 7.11 Å². The molecule has 2 saturated carbocycles. The molecule has 0 bridgehead atoms. The lowest BCUT2D eigenvalue weighted by atomic mass is 9.83. The van der Waals surface area contributed by atoms with Crippen LogP contribution < -0.4 is 11.3 Å². The van der Waals surface area contributed by atoms with E-state index in [9.17, 15) is 0 Å². The Morgan fingerprint density at radius 3 is 2.38 bits per heavy atom. The first kappa shape index (κ1) is 12.3. The van der Waals surface area contributed by atoms with Crippen molar-refractivity contribution in [2.24, 2.45) is 17.7 Å². The van der Waals surface area contributed by atoms with Gasteiger partial charge in [0.15, 0.2) is 0 Å². The topological polar surface area (TPSA) is 47.3 Å². The van der Waals surface area contributed by atoms with Crippen molar-refractivity contribution in [2.45, 2.75) is 63.5 Å². The maximum Gasteiger partial charge on any atom is 0.0765 e. The second-order valence-electron chi connectivity index (χ2n) is 5.55. The first-order valence-corrected chi connectivity index (χ1v) is 6.84. The summed E-state index contributed by atoms with van der Waals surface area (Å²) in [5, 5.41) is 0. The Morgan fingerprint density at radius 1 is 1.19 bits per heavy atom. The molecule has 0 aliphatic heterocycles. The van der Waals surface area contributed by atoms with Gasteiger partial charge in [-0.1, -0.05) is 32.1 Å². The zero-order valence-corrected chi connectivity index (χ0v) is 10.5. The van der Waals surface area contributed by atoms with Crippen molar-refractivity contribution in [3.8, 4) is 0 Å². The molecule has 0 heterocycles. The molecular formula is C13H26N2O. The molecule has 16 heavy (non-hydrogen) atoms. The van der Waals surface area contributed by atoms with Crippen LogP contribution in [0.4, 0.5) is 0 Å². The lowest BCUT2D eigenvalue weighted by Crippen LogP contribution is -2.47.